The van der Waals surface area contributed by atoms with Crippen molar-refractivity contribution in [3.63, 3.8) is 0 Å². The fourth-order valence-electron chi connectivity index (χ4n) is 2.24. The molecule has 2 rings (SSSR count). The maximum absolute atomic E-state index is 11.7. The van der Waals surface area contributed by atoms with Crippen molar-refractivity contribution in [2.24, 2.45) is 0 Å². The van der Waals surface area contributed by atoms with E-state index in [9.17, 15) is 19.8 Å². The standard InChI is InChI=1S/C15H19NO5/c1-9(17)16-6-4-13(19)15(20)10-2-3-11-12(18)5-7-21-14(11)8-10/h2-3,8,13,15,19-20H,4-7H2,1H3,(H,16,17). The highest BCUT2D eigenvalue weighted by Gasteiger charge is 2.23. The second-order valence-corrected chi connectivity index (χ2v) is 5.06. The molecule has 1 aliphatic rings. The summed E-state index contributed by atoms with van der Waals surface area (Å²) in [6, 6.07) is 4.80. The first-order valence-corrected chi connectivity index (χ1v) is 6.89. The molecular formula is C15H19NO5. The highest BCUT2D eigenvalue weighted by Crippen LogP contribution is 2.29. The third-order valence-corrected chi connectivity index (χ3v) is 3.41. The van der Waals surface area contributed by atoms with Crippen molar-refractivity contribution in [1.29, 1.82) is 0 Å². The molecule has 114 valence electrons. The summed E-state index contributed by atoms with van der Waals surface area (Å²) in [5, 5.41) is 22.6. The number of ether oxygens (including phenoxy) is 1. The molecule has 0 aromatic heterocycles. The van der Waals surface area contributed by atoms with Crippen LogP contribution in [0.2, 0.25) is 0 Å². The molecule has 6 nitrogen and oxygen atoms in total. The molecule has 0 bridgehead atoms. The third kappa shape index (κ3) is 3.80. The average molecular weight is 293 g/mol. The minimum Gasteiger partial charge on any atom is -0.492 e. The summed E-state index contributed by atoms with van der Waals surface area (Å²) >= 11 is 0. The SMILES string of the molecule is CC(=O)NCCC(O)C(O)c1ccc2c(c1)OCCC2=O. The number of Topliss-reactive ketones (excluding diaryl/α,β-unsaturated/α-hetero) is 1. The van der Waals surface area contributed by atoms with Gasteiger partial charge in [0.1, 0.15) is 11.9 Å². The second-order valence-electron chi connectivity index (χ2n) is 5.06. The van der Waals surface area contributed by atoms with E-state index in [1.165, 1.54) is 6.92 Å². The van der Waals surface area contributed by atoms with E-state index in [0.29, 0.717) is 29.9 Å². The first-order valence-electron chi connectivity index (χ1n) is 6.89. The van der Waals surface area contributed by atoms with Crippen molar-refractivity contribution in [3.8, 4) is 5.75 Å². The van der Waals surface area contributed by atoms with E-state index < -0.39 is 12.2 Å². The minimum atomic E-state index is -1.09. The zero-order chi connectivity index (χ0) is 15.4. The highest BCUT2D eigenvalue weighted by atomic mass is 16.5. The van der Waals surface area contributed by atoms with E-state index in [4.69, 9.17) is 4.74 Å². The van der Waals surface area contributed by atoms with Gasteiger partial charge >= 0.3 is 0 Å². The van der Waals surface area contributed by atoms with Crippen LogP contribution in [0.1, 0.15) is 41.8 Å². The van der Waals surface area contributed by atoms with Crippen molar-refractivity contribution >= 4 is 11.7 Å². The Morgan fingerprint density at radius 2 is 2.19 bits per heavy atom. The van der Waals surface area contributed by atoms with E-state index in [0.717, 1.165) is 0 Å². The number of amides is 1. The van der Waals surface area contributed by atoms with Crippen LogP contribution in [0.4, 0.5) is 0 Å². The van der Waals surface area contributed by atoms with E-state index in [1.807, 2.05) is 0 Å². The van der Waals surface area contributed by atoms with Gasteiger partial charge < -0.3 is 20.3 Å². The number of hydrogen-bond donors (Lipinski definition) is 3. The maximum atomic E-state index is 11.7. The molecule has 1 aliphatic heterocycles. The molecule has 1 heterocycles. The topological polar surface area (TPSA) is 95.9 Å². The summed E-state index contributed by atoms with van der Waals surface area (Å²) in [5.74, 6) is 0.276. The summed E-state index contributed by atoms with van der Waals surface area (Å²) < 4.78 is 5.41. The monoisotopic (exact) mass is 293 g/mol. The molecule has 0 spiro atoms. The van der Waals surface area contributed by atoms with Gasteiger partial charge in [0.15, 0.2) is 5.78 Å². The number of aliphatic hydroxyl groups excluding tert-OH is 2. The van der Waals surface area contributed by atoms with Crippen molar-refractivity contribution in [3.05, 3.63) is 29.3 Å². The lowest BCUT2D eigenvalue weighted by atomic mass is 9.97. The molecule has 1 amide bonds. The molecule has 0 saturated heterocycles. The fourth-order valence-corrected chi connectivity index (χ4v) is 2.24. The molecule has 21 heavy (non-hydrogen) atoms. The van der Waals surface area contributed by atoms with E-state index in [1.54, 1.807) is 18.2 Å². The van der Waals surface area contributed by atoms with Crippen molar-refractivity contribution in [1.82, 2.24) is 5.32 Å². The zero-order valence-electron chi connectivity index (χ0n) is 11.8. The van der Waals surface area contributed by atoms with Crippen molar-refractivity contribution in [2.75, 3.05) is 13.2 Å². The average Bonchev–Trinajstić information content (AvgIpc) is 2.46. The number of carbonyl (C=O) groups excluding carboxylic acids is 2. The van der Waals surface area contributed by atoms with Crippen LogP contribution in [0.5, 0.6) is 5.75 Å². The van der Waals surface area contributed by atoms with Crippen LogP contribution in [0.25, 0.3) is 0 Å². The molecule has 6 heteroatoms. The molecular weight excluding hydrogens is 274 g/mol. The Bertz CT molecular complexity index is 543. The Morgan fingerprint density at radius 3 is 2.90 bits per heavy atom. The lowest BCUT2D eigenvalue weighted by Crippen LogP contribution is -2.27. The fraction of sp³-hybridized carbons (Fsp3) is 0.467. The number of rotatable bonds is 5. The van der Waals surface area contributed by atoms with Crippen LogP contribution < -0.4 is 10.1 Å². The molecule has 0 saturated carbocycles. The van der Waals surface area contributed by atoms with E-state index in [-0.39, 0.29) is 24.7 Å². The lowest BCUT2D eigenvalue weighted by Gasteiger charge is -2.21. The lowest BCUT2D eigenvalue weighted by molar-refractivity contribution is -0.119. The van der Waals surface area contributed by atoms with Gasteiger partial charge in [-0.3, -0.25) is 9.59 Å². The van der Waals surface area contributed by atoms with Crippen LogP contribution in [0.3, 0.4) is 0 Å². The minimum absolute atomic E-state index is 0.0171. The van der Waals surface area contributed by atoms with Crippen molar-refractivity contribution in [2.45, 2.75) is 32.0 Å². The zero-order valence-corrected chi connectivity index (χ0v) is 11.8. The summed E-state index contributed by atoms with van der Waals surface area (Å²) in [4.78, 5) is 22.4. The number of ketones is 1. The maximum Gasteiger partial charge on any atom is 0.216 e. The Labute approximate surface area is 122 Å². The summed E-state index contributed by atoms with van der Waals surface area (Å²) in [5.41, 5.74) is 0.990. The van der Waals surface area contributed by atoms with Gasteiger partial charge in [-0.25, -0.2) is 0 Å². The summed E-state index contributed by atoms with van der Waals surface area (Å²) in [6.07, 6.45) is -1.51. The first-order chi connectivity index (χ1) is 9.99. The second kappa shape index (κ2) is 6.69. The molecule has 0 aliphatic carbocycles. The van der Waals surface area contributed by atoms with Crippen LogP contribution in [0, 0.1) is 0 Å². The van der Waals surface area contributed by atoms with E-state index >= 15 is 0 Å². The van der Waals surface area contributed by atoms with Gasteiger partial charge in [0, 0.05) is 19.9 Å². The van der Waals surface area contributed by atoms with Crippen LogP contribution in [0.15, 0.2) is 18.2 Å². The number of aliphatic hydroxyl groups is 2. The predicted octanol–water partition coefficient (Wildman–Crippen LogP) is 0.572. The molecule has 1 aromatic carbocycles. The molecule has 0 radical (unpaired) electrons. The van der Waals surface area contributed by atoms with Crippen molar-refractivity contribution < 1.29 is 24.5 Å². The molecule has 1 aromatic rings. The third-order valence-electron chi connectivity index (χ3n) is 3.41. The highest BCUT2D eigenvalue weighted by molar-refractivity contribution is 5.99. The van der Waals surface area contributed by atoms with Gasteiger partial charge in [0.2, 0.25) is 5.91 Å². The van der Waals surface area contributed by atoms with Gasteiger partial charge in [-0.15, -0.1) is 0 Å². The van der Waals surface area contributed by atoms with Crippen LogP contribution in [-0.2, 0) is 4.79 Å². The number of fused-ring (bicyclic) bond motifs is 1. The Morgan fingerprint density at radius 1 is 1.43 bits per heavy atom. The number of nitrogens with one attached hydrogen (secondary N) is 1. The quantitative estimate of drug-likeness (QED) is 0.737. The van der Waals surface area contributed by atoms with Gasteiger partial charge in [0.05, 0.1) is 18.3 Å². The molecule has 0 fully saturated rings. The molecule has 3 N–H and O–H groups in total. The Hall–Kier alpha value is -1.92. The van der Waals surface area contributed by atoms with E-state index in [2.05, 4.69) is 5.32 Å². The van der Waals surface area contributed by atoms with Gasteiger partial charge in [0.25, 0.3) is 0 Å². The largest absolute Gasteiger partial charge is 0.492 e. The van der Waals surface area contributed by atoms with Crippen LogP contribution in [-0.4, -0.2) is 41.2 Å². The summed E-state index contributed by atoms with van der Waals surface area (Å²) in [6.45, 7) is 2.00. The summed E-state index contributed by atoms with van der Waals surface area (Å²) in [7, 11) is 0. The predicted molar refractivity (Wildman–Crippen MR) is 75.2 cm³/mol. The van der Waals surface area contributed by atoms with Gasteiger partial charge in [-0.1, -0.05) is 6.07 Å². The normalized spacial score (nSPS) is 16.6. The number of benzene rings is 1. The molecule has 2 unspecified atom stereocenters. The Balaban J connectivity index is 2.03. The van der Waals surface area contributed by atoms with Gasteiger partial charge in [-0.05, 0) is 24.1 Å². The number of carbonyl (C=O) groups is 2. The first kappa shape index (κ1) is 15.5. The number of hydrogen-bond acceptors (Lipinski definition) is 5. The smallest absolute Gasteiger partial charge is 0.216 e. The van der Waals surface area contributed by atoms with Crippen LogP contribution >= 0.6 is 0 Å². The Kier molecular flexibility index (Phi) is 4.93. The molecule has 2 atom stereocenters. The van der Waals surface area contributed by atoms with Gasteiger partial charge in [-0.2, -0.15) is 0 Å².